The van der Waals surface area contributed by atoms with E-state index in [4.69, 9.17) is 4.74 Å². The molecule has 0 radical (unpaired) electrons. The summed E-state index contributed by atoms with van der Waals surface area (Å²) in [5.74, 6) is -0.276. The second-order valence-electron chi connectivity index (χ2n) is 5.17. The number of amides is 2. The van der Waals surface area contributed by atoms with Crippen LogP contribution >= 0.6 is 0 Å². The van der Waals surface area contributed by atoms with Gasteiger partial charge in [-0.25, -0.2) is 0 Å². The Hall–Kier alpha value is -3.61. The first-order valence-corrected chi connectivity index (χ1v) is 7.53. The largest absolute Gasteiger partial charge is 0.497 e. The molecule has 3 aromatic rings. The number of H-pyrrole nitrogens is 1. The number of carbonyl (C=O) groups is 2. The lowest BCUT2D eigenvalue weighted by Gasteiger charge is -2.06. The SMILES string of the molecule is COc1ccc(C(=O)NNC(=O)c2cc(-c3ccccc3)n[nH]2)cc1. The van der Waals surface area contributed by atoms with Gasteiger partial charge < -0.3 is 4.74 Å². The standard InChI is InChI=1S/C18H16N4O3/c1-25-14-9-7-13(8-10-14)17(23)21-22-18(24)16-11-15(19-20-16)12-5-3-2-4-6-12/h2-11H,1H3,(H,19,20)(H,21,23)(H,22,24). The van der Waals surface area contributed by atoms with Crippen LogP contribution in [0, 0.1) is 0 Å². The van der Waals surface area contributed by atoms with Gasteiger partial charge in [0.25, 0.3) is 11.8 Å². The summed E-state index contributed by atoms with van der Waals surface area (Å²) in [6.07, 6.45) is 0. The van der Waals surface area contributed by atoms with Gasteiger partial charge in [-0.3, -0.25) is 25.5 Å². The summed E-state index contributed by atoms with van der Waals surface area (Å²) in [6, 6.07) is 17.6. The molecule has 3 N–H and O–H groups in total. The molecule has 3 rings (SSSR count). The van der Waals surface area contributed by atoms with E-state index in [1.165, 1.54) is 0 Å². The predicted octanol–water partition coefficient (Wildman–Crippen LogP) is 2.16. The van der Waals surface area contributed by atoms with E-state index in [-0.39, 0.29) is 5.69 Å². The Bertz CT molecular complexity index is 873. The van der Waals surface area contributed by atoms with E-state index in [0.29, 0.717) is 17.0 Å². The van der Waals surface area contributed by atoms with Gasteiger partial charge in [0.2, 0.25) is 0 Å². The minimum absolute atomic E-state index is 0.244. The third-order valence-electron chi connectivity index (χ3n) is 3.53. The van der Waals surface area contributed by atoms with Crippen molar-refractivity contribution in [2.24, 2.45) is 0 Å². The first-order valence-electron chi connectivity index (χ1n) is 7.53. The van der Waals surface area contributed by atoms with E-state index in [1.807, 2.05) is 30.3 Å². The molecule has 0 spiro atoms. The van der Waals surface area contributed by atoms with E-state index in [0.717, 1.165) is 5.56 Å². The van der Waals surface area contributed by atoms with Crippen molar-refractivity contribution in [1.82, 2.24) is 21.0 Å². The molecule has 0 aliphatic heterocycles. The molecule has 0 aliphatic carbocycles. The maximum atomic E-state index is 12.1. The van der Waals surface area contributed by atoms with Gasteiger partial charge in [-0.2, -0.15) is 5.10 Å². The smallest absolute Gasteiger partial charge is 0.287 e. The number of hydrazine groups is 1. The number of hydrogen-bond acceptors (Lipinski definition) is 4. The van der Waals surface area contributed by atoms with Crippen LogP contribution in [0.3, 0.4) is 0 Å². The fraction of sp³-hybridized carbons (Fsp3) is 0.0556. The van der Waals surface area contributed by atoms with Crippen molar-refractivity contribution in [2.75, 3.05) is 7.11 Å². The van der Waals surface area contributed by atoms with Crippen LogP contribution in [0.4, 0.5) is 0 Å². The second-order valence-corrected chi connectivity index (χ2v) is 5.17. The van der Waals surface area contributed by atoms with Gasteiger partial charge in [-0.1, -0.05) is 30.3 Å². The number of methoxy groups -OCH3 is 1. The highest BCUT2D eigenvalue weighted by Gasteiger charge is 2.12. The Morgan fingerprint density at radius 3 is 2.32 bits per heavy atom. The highest BCUT2D eigenvalue weighted by molar-refractivity contribution is 5.98. The van der Waals surface area contributed by atoms with Crippen LogP contribution < -0.4 is 15.6 Å². The summed E-state index contributed by atoms with van der Waals surface area (Å²) in [6.45, 7) is 0. The zero-order valence-electron chi connectivity index (χ0n) is 13.4. The molecule has 7 heteroatoms. The lowest BCUT2D eigenvalue weighted by molar-refractivity contribution is 0.0844. The summed E-state index contributed by atoms with van der Waals surface area (Å²) in [7, 11) is 1.55. The van der Waals surface area contributed by atoms with Gasteiger partial charge in [0.05, 0.1) is 12.8 Å². The van der Waals surface area contributed by atoms with Crippen LogP contribution in [-0.4, -0.2) is 29.1 Å². The number of aromatic nitrogens is 2. The predicted molar refractivity (Wildman–Crippen MR) is 92.0 cm³/mol. The topological polar surface area (TPSA) is 96.1 Å². The second kappa shape index (κ2) is 7.31. The lowest BCUT2D eigenvalue weighted by Crippen LogP contribution is -2.41. The van der Waals surface area contributed by atoms with Gasteiger partial charge in [-0.05, 0) is 30.3 Å². The molecule has 1 aromatic heterocycles. The molecule has 0 aliphatic rings. The van der Waals surface area contributed by atoms with Gasteiger partial charge >= 0.3 is 0 Å². The molecule has 0 saturated carbocycles. The number of nitrogens with zero attached hydrogens (tertiary/aromatic N) is 1. The number of benzene rings is 2. The van der Waals surface area contributed by atoms with Gasteiger partial charge in [0.15, 0.2) is 0 Å². The monoisotopic (exact) mass is 336 g/mol. The molecular weight excluding hydrogens is 320 g/mol. The quantitative estimate of drug-likeness (QED) is 0.636. The third-order valence-corrected chi connectivity index (χ3v) is 3.53. The summed E-state index contributed by atoms with van der Waals surface area (Å²) in [5.41, 5.74) is 6.88. The van der Waals surface area contributed by atoms with Crippen molar-refractivity contribution in [3.05, 3.63) is 71.9 Å². The van der Waals surface area contributed by atoms with Crippen molar-refractivity contribution in [3.8, 4) is 17.0 Å². The molecule has 1 heterocycles. The van der Waals surface area contributed by atoms with Gasteiger partial charge in [-0.15, -0.1) is 0 Å². The highest BCUT2D eigenvalue weighted by atomic mass is 16.5. The van der Waals surface area contributed by atoms with Crippen LogP contribution in [0.1, 0.15) is 20.8 Å². The lowest BCUT2D eigenvalue weighted by atomic mass is 10.1. The van der Waals surface area contributed by atoms with Gasteiger partial charge in [0, 0.05) is 11.1 Å². The zero-order valence-corrected chi connectivity index (χ0v) is 13.4. The van der Waals surface area contributed by atoms with Crippen molar-refractivity contribution in [1.29, 1.82) is 0 Å². The third kappa shape index (κ3) is 3.84. The molecule has 25 heavy (non-hydrogen) atoms. The normalized spacial score (nSPS) is 10.1. The first kappa shape index (κ1) is 16.3. The maximum Gasteiger partial charge on any atom is 0.287 e. The highest BCUT2D eigenvalue weighted by Crippen LogP contribution is 2.16. The Balaban J connectivity index is 1.60. The first-order chi connectivity index (χ1) is 12.2. The zero-order chi connectivity index (χ0) is 17.6. The number of ether oxygens (including phenoxy) is 1. The van der Waals surface area contributed by atoms with E-state index in [9.17, 15) is 9.59 Å². The average molecular weight is 336 g/mol. The average Bonchev–Trinajstić information content (AvgIpc) is 3.17. The molecule has 0 saturated heterocycles. The molecular formula is C18H16N4O3. The molecule has 0 unspecified atom stereocenters. The van der Waals surface area contributed by atoms with Crippen molar-refractivity contribution in [2.45, 2.75) is 0 Å². The molecule has 0 fully saturated rings. The Labute approximate surface area is 144 Å². The number of carbonyl (C=O) groups excluding carboxylic acids is 2. The van der Waals surface area contributed by atoms with Crippen LogP contribution in [0.2, 0.25) is 0 Å². The Morgan fingerprint density at radius 2 is 1.64 bits per heavy atom. The van der Waals surface area contributed by atoms with E-state index in [1.54, 1.807) is 37.4 Å². The van der Waals surface area contributed by atoms with Crippen LogP contribution in [0.25, 0.3) is 11.3 Å². The fourth-order valence-corrected chi connectivity index (χ4v) is 2.19. The Kier molecular flexibility index (Phi) is 4.75. The van der Waals surface area contributed by atoms with Crippen molar-refractivity contribution < 1.29 is 14.3 Å². The summed E-state index contributed by atoms with van der Waals surface area (Å²) < 4.78 is 5.03. The molecule has 0 atom stereocenters. The van der Waals surface area contributed by atoms with Crippen LogP contribution in [-0.2, 0) is 0 Å². The molecule has 7 nitrogen and oxygen atoms in total. The van der Waals surface area contributed by atoms with Gasteiger partial charge in [0.1, 0.15) is 11.4 Å². The molecule has 2 aromatic carbocycles. The molecule has 126 valence electrons. The fourth-order valence-electron chi connectivity index (χ4n) is 2.19. The Morgan fingerprint density at radius 1 is 0.960 bits per heavy atom. The maximum absolute atomic E-state index is 12.1. The van der Waals surface area contributed by atoms with Crippen molar-refractivity contribution in [3.63, 3.8) is 0 Å². The summed E-state index contributed by atoms with van der Waals surface area (Å²) >= 11 is 0. The molecule has 0 bridgehead atoms. The van der Waals surface area contributed by atoms with E-state index >= 15 is 0 Å². The summed E-state index contributed by atoms with van der Waals surface area (Å²) in [5, 5.41) is 6.75. The minimum Gasteiger partial charge on any atom is -0.497 e. The number of rotatable bonds is 4. The van der Waals surface area contributed by atoms with Crippen molar-refractivity contribution >= 4 is 11.8 Å². The minimum atomic E-state index is -0.489. The number of hydrogen-bond donors (Lipinski definition) is 3. The van der Waals surface area contributed by atoms with Crippen LogP contribution in [0.15, 0.2) is 60.7 Å². The van der Waals surface area contributed by atoms with Crippen LogP contribution in [0.5, 0.6) is 5.75 Å². The number of aromatic amines is 1. The van der Waals surface area contributed by atoms with E-state index in [2.05, 4.69) is 21.0 Å². The van der Waals surface area contributed by atoms with E-state index < -0.39 is 11.8 Å². The summed E-state index contributed by atoms with van der Waals surface area (Å²) in [4.78, 5) is 24.1. The molecule has 2 amide bonds. The number of nitrogens with one attached hydrogen (secondary N) is 3.